The van der Waals surface area contributed by atoms with Crippen LogP contribution >= 0.6 is 0 Å². The first-order chi connectivity index (χ1) is 16.9. The van der Waals surface area contributed by atoms with Gasteiger partial charge in [0, 0.05) is 12.5 Å². The summed E-state index contributed by atoms with van der Waals surface area (Å²) in [7, 11) is -6.64. The van der Waals surface area contributed by atoms with Crippen LogP contribution < -0.4 is 10.6 Å². The maximum Gasteiger partial charge on any atom is 0.237 e. The summed E-state index contributed by atoms with van der Waals surface area (Å²) < 4.78 is 47.2. The highest BCUT2D eigenvalue weighted by Gasteiger charge is 2.21. The molecule has 188 valence electrons. The first-order valence-corrected chi connectivity index (χ1v) is 14.8. The van der Waals surface area contributed by atoms with Gasteiger partial charge in [-0.25, -0.2) is 16.8 Å². The molecule has 0 spiro atoms. The van der Waals surface area contributed by atoms with Gasteiger partial charge in [-0.3, -0.25) is 10.1 Å². The van der Waals surface area contributed by atoms with Crippen LogP contribution in [0, 0.1) is 11.3 Å². The third-order valence-corrected chi connectivity index (χ3v) is 7.91. The second kappa shape index (κ2) is 11.0. The van der Waals surface area contributed by atoms with Crippen LogP contribution in [0.4, 0.5) is 0 Å². The summed E-state index contributed by atoms with van der Waals surface area (Å²) in [5.74, 6) is -0.336. The predicted molar refractivity (Wildman–Crippen MR) is 138 cm³/mol. The smallest absolute Gasteiger partial charge is 0.237 e. The molecule has 8 nitrogen and oxygen atoms in total. The van der Waals surface area contributed by atoms with Gasteiger partial charge >= 0.3 is 0 Å². The van der Waals surface area contributed by atoms with Gasteiger partial charge in [-0.05, 0) is 53.4 Å². The number of nitriles is 1. The fourth-order valence-corrected chi connectivity index (χ4v) is 4.92. The van der Waals surface area contributed by atoms with Crippen molar-refractivity contribution in [3.8, 4) is 17.2 Å². The monoisotopic (exact) mass is 525 g/mol. The van der Waals surface area contributed by atoms with Crippen LogP contribution in [0.1, 0.15) is 24.1 Å². The fraction of sp³-hybridized carbons (Fsp3) is 0.231. The fourth-order valence-electron chi connectivity index (χ4n) is 3.66. The molecule has 0 saturated heterocycles. The molecule has 0 saturated carbocycles. The Morgan fingerprint density at radius 3 is 1.58 bits per heavy atom. The number of carbonyl (C=O) groups excluding carboxylic acids is 1. The van der Waals surface area contributed by atoms with Crippen LogP contribution in [0.15, 0.2) is 82.6 Å². The Bertz CT molecular complexity index is 1480. The SMILES string of the molecule is C[C@H](NC(c1ccc(-c2ccc(S(C)(=O)=O)cc2)cc1)c1ccc(S(C)(=O)=O)cc1)C(=O)NCC#N. The van der Waals surface area contributed by atoms with Crippen molar-refractivity contribution in [3.05, 3.63) is 83.9 Å². The summed E-state index contributed by atoms with van der Waals surface area (Å²) in [6.45, 7) is 1.58. The molecule has 3 aromatic carbocycles. The van der Waals surface area contributed by atoms with E-state index in [-0.39, 0.29) is 22.2 Å². The average Bonchev–Trinajstić information content (AvgIpc) is 2.85. The topological polar surface area (TPSA) is 133 Å². The number of nitrogens with one attached hydrogen (secondary N) is 2. The number of sulfone groups is 2. The highest BCUT2D eigenvalue weighted by atomic mass is 32.2. The zero-order chi connectivity index (χ0) is 26.5. The van der Waals surface area contributed by atoms with Gasteiger partial charge in [-0.1, -0.05) is 48.5 Å². The number of amides is 1. The quantitative estimate of drug-likeness (QED) is 0.410. The molecular formula is C26H27N3O5S2. The lowest BCUT2D eigenvalue weighted by molar-refractivity contribution is -0.122. The Morgan fingerprint density at radius 1 is 0.778 bits per heavy atom. The Balaban J connectivity index is 1.93. The van der Waals surface area contributed by atoms with E-state index in [9.17, 15) is 21.6 Å². The van der Waals surface area contributed by atoms with Crippen LogP contribution in [0.5, 0.6) is 0 Å². The van der Waals surface area contributed by atoms with E-state index in [1.807, 2.05) is 30.3 Å². The van der Waals surface area contributed by atoms with Crippen LogP contribution in [0.3, 0.4) is 0 Å². The highest BCUT2D eigenvalue weighted by molar-refractivity contribution is 7.91. The molecule has 1 amide bonds. The van der Waals surface area contributed by atoms with Crippen LogP contribution in [-0.2, 0) is 24.5 Å². The molecule has 10 heteroatoms. The van der Waals surface area contributed by atoms with Crippen molar-refractivity contribution in [1.82, 2.24) is 10.6 Å². The molecule has 0 aliphatic rings. The molecular weight excluding hydrogens is 498 g/mol. The first-order valence-electron chi connectivity index (χ1n) is 11.0. The second-order valence-corrected chi connectivity index (χ2v) is 12.5. The zero-order valence-corrected chi connectivity index (χ0v) is 21.7. The van der Waals surface area contributed by atoms with E-state index in [1.165, 1.54) is 12.1 Å². The summed E-state index contributed by atoms with van der Waals surface area (Å²) in [4.78, 5) is 12.8. The van der Waals surface area contributed by atoms with Gasteiger partial charge in [-0.2, -0.15) is 5.26 Å². The van der Waals surface area contributed by atoms with Crippen molar-refractivity contribution in [3.63, 3.8) is 0 Å². The minimum absolute atomic E-state index is 0.106. The molecule has 1 unspecified atom stereocenters. The first kappa shape index (κ1) is 27.1. The molecule has 36 heavy (non-hydrogen) atoms. The molecule has 0 bridgehead atoms. The maximum atomic E-state index is 12.4. The maximum absolute atomic E-state index is 12.4. The number of carbonyl (C=O) groups is 1. The lowest BCUT2D eigenvalue weighted by atomic mass is 9.95. The Hall–Kier alpha value is -3.52. The predicted octanol–water partition coefficient (Wildman–Crippen LogP) is 2.87. The van der Waals surface area contributed by atoms with Crippen molar-refractivity contribution < 1.29 is 21.6 Å². The van der Waals surface area contributed by atoms with Crippen molar-refractivity contribution in [2.24, 2.45) is 0 Å². The molecule has 0 radical (unpaired) electrons. The molecule has 3 rings (SSSR count). The Kier molecular flexibility index (Phi) is 8.30. The summed E-state index contributed by atoms with van der Waals surface area (Å²) in [5.41, 5.74) is 3.32. The number of hydrogen-bond acceptors (Lipinski definition) is 7. The molecule has 0 aromatic heterocycles. The van der Waals surface area contributed by atoms with Crippen LogP contribution in [0.25, 0.3) is 11.1 Å². The Morgan fingerprint density at radius 2 is 1.17 bits per heavy atom. The van der Waals surface area contributed by atoms with E-state index in [0.717, 1.165) is 34.8 Å². The Labute approximate surface area is 211 Å². The van der Waals surface area contributed by atoms with E-state index >= 15 is 0 Å². The van der Waals surface area contributed by atoms with Crippen LogP contribution in [-0.4, -0.2) is 47.8 Å². The molecule has 2 N–H and O–H groups in total. The van der Waals surface area contributed by atoms with Gasteiger partial charge in [-0.15, -0.1) is 0 Å². The largest absolute Gasteiger partial charge is 0.342 e. The molecule has 0 fully saturated rings. The molecule has 0 aliphatic carbocycles. The van der Waals surface area contributed by atoms with E-state index in [2.05, 4.69) is 10.6 Å². The minimum atomic E-state index is -3.36. The van der Waals surface area contributed by atoms with Crippen molar-refractivity contribution in [2.45, 2.75) is 28.8 Å². The number of hydrogen-bond donors (Lipinski definition) is 2. The van der Waals surface area contributed by atoms with Crippen molar-refractivity contribution >= 4 is 25.6 Å². The normalized spacial score (nSPS) is 13.4. The summed E-state index contributed by atoms with van der Waals surface area (Å²) in [5, 5.41) is 14.5. The van der Waals surface area contributed by atoms with E-state index in [1.54, 1.807) is 43.3 Å². The van der Waals surface area contributed by atoms with Crippen LogP contribution in [0.2, 0.25) is 0 Å². The van der Waals surface area contributed by atoms with E-state index in [0.29, 0.717) is 0 Å². The molecule has 2 atom stereocenters. The van der Waals surface area contributed by atoms with Gasteiger partial charge < -0.3 is 5.32 Å². The molecule has 3 aromatic rings. The molecule has 0 heterocycles. The van der Waals surface area contributed by atoms with E-state index in [4.69, 9.17) is 5.26 Å². The third kappa shape index (κ3) is 6.79. The summed E-state index contributed by atoms with van der Waals surface area (Å²) in [6.07, 6.45) is 2.30. The van der Waals surface area contributed by atoms with Crippen molar-refractivity contribution in [2.75, 3.05) is 19.1 Å². The number of nitrogens with zero attached hydrogens (tertiary/aromatic N) is 1. The second-order valence-electron chi connectivity index (χ2n) is 8.46. The average molecular weight is 526 g/mol. The van der Waals surface area contributed by atoms with Gasteiger partial charge in [0.25, 0.3) is 0 Å². The summed E-state index contributed by atoms with van der Waals surface area (Å²) >= 11 is 0. The number of rotatable bonds is 9. The van der Waals surface area contributed by atoms with Crippen molar-refractivity contribution in [1.29, 1.82) is 5.26 Å². The zero-order valence-electron chi connectivity index (χ0n) is 20.1. The minimum Gasteiger partial charge on any atom is -0.342 e. The molecule has 0 aliphatic heterocycles. The lowest BCUT2D eigenvalue weighted by Gasteiger charge is -2.24. The van der Waals surface area contributed by atoms with E-state index < -0.39 is 31.8 Å². The van der Waals surface area contributed by atoms with Gasteiger partial charge in [0.2, 0.25) is 5.91 Å². The third-order valence-electron chi connectivity index (χ3n) is 5.65. The highest BCUT2D eigenvalue weighted by Crippen LogP contribution is 2.28. The summed E-state index contributed by atoms with van der Waals surface area (Å²) in [6, 6.07) is 21.4. The van der Waals surface area contributed by atoms with Gasteiger partial charge in [0.05, 0.1) is 27.9 Å². The lowest BCUT2D eigenvalue weighted by Crippen LogP contribution is -2.44. The van der Waals surface area contributed by atoms with Gasteiger partial charge in [0.15, 0.2) is 19.7 Å². The van der Waals surface area contributed by atoms with Gasteiger partial charge in [0.1, 0.15) is 6.54 Å². The standard InChI is InChI=1S/C26H27N3O5S2/c1-18(26(30)28-17-16-27)29-25(22-10-14-24(15-11-22)36(3,33)34)21-6-4-19(5-7-21)20-8-12-23(13-9-20)35(2,31)32/h4-15,18,25,29H,17H2,1-3H3,(H,28,30)/t18-,25?/m0/s1. The number of benzene rings is 3.